The van der Waals surface area contributed by atoms with E-state index in [1.54, 1.807) is 93.5 Å². The number of methoxy groups -OCH3 is 1. The van der Waals surface area contributed by atoms with Crippen molar-refractivity contribution in [3.8, 4) is 22.9 Å². The van der Waals surface area contributed by atoms with Gasteiger partial charge in [0.15, 0.2) is 11.6 Å². The van der Waals surface area contributed by atoms with Gasteiger partial charge in [0, 0.05) is 41.9 Å². The molecule has 12 heteroatoms. The van der Waals surface area contributed by atoms with Crippen LogP contribution in [0.2, 0.25) is 0 Å². The Kier molecular flexibility index (Phi) is 8.96. The lowest BCUT2D eigenvalue weighted by molar-refractivity contribution is -0.140. The van der Waals surface area contributed by atoms with Crippen molar-refractivity contribution in [1.82, 2.24) is 19.7 Å². The number of benzene rings is 3. The first kappa shape index (κ1) is 31.0. The van der Waals surface area contributed by atoms with Crippen LogP contribution in [0.5, 0.6) is 17.2 Å². The first-order chi connectivity index (χ1) is 21.6. The number of rotatable bonds is 11. The fourth-order valence-corrected chi connectivity index (χ4v) is 5.28. The molecule has 0 aliphatic rings. The Hall–Kier alpha value is -5.49. The van der Waals surface area contributed by atoms with Crippen LogP contribution in [0.15, 0.2) is 83.8 Å². The molecule has 0 saturated heterocycles. The maximum absolute atomic E-state index is 15.2. The first-order valence-electron chi connectivity index (χ1n) is 14.1. The van der Waals surface area contributed by atoms with Gasteiger partial charge in [0.05, 0.1) is 24.0 Å². The van der Waals surface area contributed by atoms with Gasteiger partial charge in [-0.25, -0.2) is 9.07 Å². The third-order valence-electron chi connectivity index (χ3n) is 7.55. The van der Waals surface area contributed by atoms with Crippen molar-refractivity contribution in [1.29, 1.82) is 0 Å². The molecule has 0 bridgehead atoms. The number of fused-ring (bicyclic) bond motifs is 1. The number of aliphatic carboxylic acids is 1. The lowest BCUT2D eigenvalue weighted by Crippen LogP contribution is -2.42. The minimum atomic E-state index is -1.03. The van der Waals surface area contributed by atoms with Gasteiger partial charge in [0.1, 0.15) is 23.1 Å². The lowest BCUT2D eigenvalue weighted by atomic mass is 10.0. The summed E-state index contributed by atoms with van der Waals surface area (Å²) in [5.41, 5.74) is 0.806. The smallest absolute Gasteiger partial charge is 0.321 e. The van der Waals surface area contributed by atoms with Crippen LogP contribution in [0, 0.1) is 18.7 Å². The molecule has 0 aliphatic carbocycles. The Labute approximate surface area is 257 Å². The third-order valence-corrected chi connectivity index (χ3v) is 7.55. The van der Waals surface area contributed by atoms with E-state index in [0.29, 0.717) is 33.8 Å². The number of para-hydroxylation sites is 1. The number of carbonyl (C=O) groups is 2. The standard InChI is InChI=1S/C33H32FN5O6/c1-19(30(35-3)33(42)43)18-38-20(2)29(32(41)39(38)22-8-6-5-7-9-22)31(40)37-21-10-13-28(25(34)16-21)45-27-14-15-36-26-17-23(44-4)11-12-24(26)27/h5-17,19,30,35H,18H2,1-4H3,(H,37,40)(H,42,43)/t19?,30-/m1/s1. The monoisotopic (exact) mass is 613 g/mol. The average molecular weight is 614 g/mol. The molecule has 45 heavy (non-hydrogen) atoms. The van der Waals surface area contributed by atoms with E-state index in [1.807, 2.05) is 0 Å². The van der Waals surface area contributed by atoms with Crippen LogP contribution in [0.1, 0.15) is 23.0 Å². The number of carbonyl (C=O) groups excluding carboxylic acids is 1. The number of carboxylic acid groups (broad SMARTS) is 1. The molecule has 2 heterocycles. The molecule has 2 atom stereocenters. The zero-order valence-electron chi connectivity index (χ0n) is 25.1. The quantitative estimate of drug-likeness (QED) is 0.189. The van der Waals surface area contributed by atoms with Gasteiger partial charge in [-0.2, -0.15) is 0 Å². The van der Waals surface area contributed by atoms with E-state index in [0.717, 1.165) is 6.07 Å². The van der Waals surface area contributed by atoms with E-state index < -0.39 is 35.2 Å². The van der Waals surface area contributed by atoms with Crippen molar-refractivity contribution in [2.45, 2.75) is 26.4 Å². The van der Waals surface area contributed by atoms with Crippen LogP contribution in [0.3, 0.4) is 0 Å². The SMILES string of the molecule is CN[C@@H](C(=O)O)C(C)Cn1c(C)c(C(=O)Nc2ccc(Oc3ccnc4cc(OC)ccc34)c(F)c2)c(=O)n1-c1ccccc1. The Morgan fingerprint density at radius 3 is 2.47 bits per heavy atom. The largest absolute Gasteiger partial charge is 0.497 e. The maximum atomic E-state index is 15.2. The van der Waals surface area contributed by atoms with Gasteiger partial charge in [-0.05, 0) is 56.4 Å². The summed E-state index contributed by atoms with van der Waals surface area (Å²) in [6, 6.07) is 18.7. The predicted molar refractivity (Wildman–Crippen MR) is 167 cm³/mol. The molecular formula is C33H32FN5O6. The summed E-state index contributed by atoms with van der Waals surface area (Å²) in [5, 5.41) is 15.7. The van der Waals surface area contributed by atoms with E-state index >= 15 is 4.39 Å². The van der Waals surface area contributed by atoms with Crippen molar-refractivity contribution in [2.75, 3.05) is 19.5 Å². The van der Waals surface area contributed by atoms with Gasteiger partial charge >= 0.3 is 5.97 Å². The number of carboxylic acids is 1. The van der Waals surface area contributed by atoms with Gasteiger partial charge in [0.2, 0.25) is 0 Å². The highest BCUT2D eigenvalue weighted by Gasteiger charge is 2.28. The Balaban J connectivity index is 1.43. The molecule has 1 amide bonds. The molecule has 5 aromatic rings. The Bertz CT molecular complexity index is 1940. The minimum Gasteiger partial charge on any atom is -0.497 e. The Morgan fingerprint density at radius 2 is 1.80 bits per heavy atom. The van der Waals surface area contributed by atoms with Crippen LogP contribution in [-0.4, -0.2) is 51.5 Å². The lowest BCUT2D eigenvalue weighted by Gasteiger charge is -2.23. The number of pyridine rings is 1. The van der Waals surface area contributed by atoms with Crippen LogP contribution in [0.4, 0.5) is 10.1 Å². The molecule has 11 nitrogen and oxygen atoms in total. The van der Waals surface area contributed by atoms with Crippen molar-refractivity contribution in [3.63, 3.8) is 0 Å². The molecular weight excluding hydrogens is 581 g/mol. The summed E-state index contributed by atoms with van der Waals surface area (Å²) in [4.78, 5) is 43.3. The van der Waals surface area contributed by atoms with Gasteiger partial charge < -0.3 is 25.2 Å². The highest BCUT2D eigenvalue weighted by molar-refractivity contribution is 6.05. The molecule has 2 aromatic heterocycles. The summed E-state index contributed by atoms with van der Waals surface area (Å²) >= 11 is 0. The first-order valence-corrected chi connectivity index (χ1v) is 14.1. The minimum absolute atomic E-state index is 0.0726. The van der Waals surface area contributed by atoms with Crippen LogP contribution >= 0.6 is 0 Å². The molecule has 3 N–H and O–H groups in total. The molecule has 232 valence electrons. The van der Waals surface area contributed by atoms with Crippen molar-refractivity contribution < 1.29 is 28.6 Å². The van der Waals surface area contributed by atoms with E-state index in [9.17, 15) is 19.5 Å². The number of hydrogen-bond acceptors (Lipinski definition) is 7. The molecule has 5 rings (SSSR count). The zero-order valence-corrected chi connectivity index (χ0v) is 25.1. The highest BCUT2D eigenvalue weighted by atomic mass is 19.1. The van der Waals surface area contributed by atoms with E-state index in [2.05, 4.69) is 15.6 Å². The highest BCUT2D eigenvalue weighted by Crippen LogP contribution is 2.33. The number of nitrogens with one attached hydrogen (secondary N) is 2. The summed E-state index contributed by atoms with van der Waals surface area (Å²) < 4.78 is 29.3. The molecule has 0 radical (unpaired) electrons. The molecule has 0 fully saturated rings. The number of amides is 1. The second-order valence-electron chi connectivity index (χ2n) is 10.5. The van der Waals surface area contributed by atoms with Crippen LogP contribution in [0.25, 0.3) is 16.6 Å². The number of nitrogens with zero attached hydrogens (tertiary/aromatic N) is 3. The van der Waals surface area contributed by atoms with E-state index in [1.165, 1.54) is 16.8 Å². The average Bonchev–Trinajstić information content (AvgIpc) is 3.27. The van der Waals surface area contributed by atoms with Gasteiger partial charge in [-0.3, -0.25) is 24.0 Å². The number of hydrogen-bond donors (Lipinski definition) is 3. The second kappa shape index (κ2) is 13.0. The molecule has 1 unspecified atom stereocenters. The number of aromatic nitrogens is 3. The van der Waals surface area contributed by atoms with E-state index in [4.69, 9.17) is 9.47 Å². The summed E-state index contributed by atoms with van der Waals surface area (Å²) in [7, 11) is 3.10. The number of anilines is 1. The van der Waals surface area contributed by atoms with Crippen molar-refractivity contribution in [3.05, 3.63) is 106 Å². The zero-order chi connectivity index (χ0) is 32.2. The molecule has 0 saturated carbocycles. The third kappa shape index (κ3) is 6.27. The Morgan fingerprint density at radius 1 is 1.04 bits per heavy atom. The summed E-state index contributed by atoms with van der Waals surface area (Å²) in [6.45, 7) is 3.48. The fraction of sp³-hybridized carbons (Fsp3) is 0.212. The van der Waals surface area contributed by atoms with Gasteiger partial charge in [-0.1, -0.05) is 25.1 Å². The van der Waals surface area contributed by atoms with Crippen molar-refractivity contribution in [2.24, 2.45) is 5.92 Å². The van der Waals surface area contributed by atoms with E-state index in [-0.39, 0.29) is 23.5 Å². The summed E-state index contributed by atoms with van der Waals surface area (Å²) in [6.07, 6.45) is 1.54. The normalized spacial score (nSPS) is 12.5. The number of halogens is 1. The van der Waals surface area contributed by atoms with Gasteiger partial charge in [0.25, 0.3) is 11.5 Å². The topological polar surface area (TPSA) is 137 Å². The van der Waals surface area contributed by atoms with Crippen LogP contribution in [-0.2, 0) is 11.3 Å². The number of ether oxygens (including phenoxy) is 2. The predicted octanol–water partition coefficient (Wildman–Crippen LogP) is 5.00. The number of likely N-dealkylation sites (N-methyl/N-ethyl adjacent to an activating group) is 1. The second-order valence-corrected chi connectivity index (χ2v) is 10.5. The van der Waals surface area contributed by atoms with Crippen molar-refractivity contribution >= 4 is 28.5 Å². The summed E-state index contributed by atoms with van der Waals surface area (Å²) in [5.74, 6) is -2.03. The molecule has 3 aromatic carbocycles. The molecule has 0 aliphatic heterocycles. The fourth-order valence-electron chi connectivity index (χ4n) is 5.28. The van der Waals surface area contributed by atoms with Gasteiger partial charge in [-0.15, -0.1) is 0 Å². The molecule has 0 spiro atoms. The van der Waals surface area contributed by atoms with Crippen LogP contribution < -0.4 is 25.7 Å². The maximum Gasteiger partial charge on any atom is 0.321 e.